The van der Waals surface area contributed by atoms with Crippen molar-refractivity contribution in [2.75, 3.05) is 19.6 Å². The number of benzene rings is 1. The van der Waals surface area contributed by atoms with Crippen molar-refractivity contribution in [1.29, 1.82) is 0 Å². The fourth-order valence-electron chi connectivity index (χ4n) is 2.13. The average molecular weight is 323 g/mol. The Bertz CT molecular complexity index is 566. The Morgan fingerprint density at radius 2 is 1.95 bits per heavy atom. The summed E-state index contributed by atoms with van der Waals surface area (Å²) in [6, 6.07) is 2.90. The molecule has 1 heterocycles. The Hall–Kier alpha value is -0.330. The lowest BCUT2D eigenvalue weighted by molar-refractivity contribution is 0.459. The van der Waals surface area contributed by atoms with Crippen LogP contribution in [0.1, 0.15) is 12.0 Å². The van der Waals surface area contributed by atoms with Gasteiger partial charge in [0, 0.05) is 23.1 Å². The first-order valence-corrected chi connectivity index (χ1v) is 8.21. The minimum atomic E-state index is -3.53. The number of sulfonamides is 1. The molecule has 106 valence electrons. The summed E-state index contributed by atoms with van der Waals surface area (Å²) in [5.74, 6) is 0.228. The molecule has 1 saturated heterocycles. The third kappa shape index (κ3) is 2.90. The molecule has 0 radical (unpaired) electrons. The van der Waals surface area contributed by atoms with Crippen LogP contribution in [0.4, 0.5) is 0 Å². The molecule has 1 aromatic rings. The molecule has 0 bridgehead atoms. The third-order valence-electron chi connectivity index (χ3n) is 3.47. The van der Waals surface area contributed by atoms with Crippen molar-refractivity contribution < 1.29 is 8.42 Å². The van der Waals surface area contributed by atoms with Crippen LogP contribution in [0.15, 0.2) is 17.0 Å². The van der Waals surface area contributed by atoms with Crippen molar-refractivity contribution in [3.8, 4) is 0 Å². The summed E-state index contributed by atoms with van der Waals surface area (Å²) >= 11 is 12.0. The van der Waals surface area contributed by atoms with E-state index in [1.807, 2.05) is 0 Å². The largest absolute Gasteiger partial charge is 0.330 e. The van der Waals surface area contributed by atoms with Gasteiger partial charge in [-0.2, -0.15) is 4.31 Å². The first-order chi connectivity index (χ1) is 8.86. The minimum absolute atomic E-state index is 0.144. The topological polar surface area (TPSA) is 63.4 Å². The van der Waals surface area contributed by atoms with Crippen LogP contribution in [0.5, 0.6) is 0 Å². The number of halogens is 2. The second-order valence-electron chi connectivity index (χ2n) is 4.77. The number of hydrogen-bond donors (Lipinski definition) is 1. The number of hydrogen-bond acceptors (Lipinski definition) is 3. The molecule has 2 N–H and O–H groups in total. The lowest BCUT2D eigenvalue weighted by atomic mass is 10.1. The Morgan fingerprint density at radius 1 is 1.37 bits per heavy atom. The van der Waals surface area contributed by atoms with Crippen LogP contribution in [-0.4, -0.2) is 32.4 Å². The van der Waals surface area contributed by atoms with Gasteiger partial charge in [-0.15, -0.1) is 0 Å². The number of nitrogens with two attached hydrogens (primary N) is 1. The standard InChI is InChI=1S/C12H16Cl2N2O2S/c1-8-11(13)4-10(5-12(8)14)19(17,18)16-3-2-9(6-15)7-16/h4-5,9H,2-3,6-7,15H2,1H3. The maximum absolute atomic E-state index is 12.5. The minimum Gasteiger partial charge on any atom is -0.330 e. The molecule has 19 heavy (non-hydrogen) atoms. The zero-order valence-corrected chi connectivity index (χ0v) is 12.9. The van der Waals surface area contributed by atoms with Gasteiger partial charge in [0.1, 0.15) is 0 Å². The highest BCUT2D eigenvalue weighted by Crippen LogP contribution is 2.31. The third-order valence-corrected chi connectivity index (χ3v) is 6.10. The lowest BCUT2D eigenvalue weighted by Crippen LogP contribution is -2.30. The van der Waals surface area contributed by atoms with Gasteiger partial charge in [0.2, 0.25) is 10.0 Å². The molecule has 2 rings (SSSR count). The van der Waals surface area contributed by atoms with Crippen LogP contribution in [0.2, 0.25) is 10.0 Å². The summed E-state index contributed by atoms with van der Waals surface area (Å²) in [5.41, 5.74) is 6.27. The molecule has 0 aromatic heterocycles. The molecule has 0 aliphatic carbocycles. The Morgan fingerprint density at radius 3 is 2.42 bits per heavy atom. The van der Waals surface area contributed by atoms with Gasteiger partial charge < -0.3 is 5.73 Å². The summed E-state index contributed by atoms with van der Waals surface area (Å²) in [6.45, 7) is 3.21. The highest BCUT2D eigenvalue weighted by molar-refractivity contribution is 7.89. The summed E-state index contributed by atoms with van der Waals surface area (Å²) in [5, 5.41) is 0.723. The quantitative estimate of drug-likeness (QED) is 0.928. The van der Waals surface area contributed by atoms with Crippen molar-refractivity contribution >= 4 is 33.2 Å². The zero-order valence-electron chi connectivity index (χ0n) is 10.6. The van der Waals surface area contributed by atoms with Gasteiger partial charge in [-0.25, -0.2) is 8.42 Å². The smallest absolute Gasteiger partial charge is 0.243 e. The molecule has 7 heteroatoms. The van der Waals surface area contributed by atoms with E-state index >= 15 is 0 Å². The van der Waals surface area contributed by atoms with Crippen molar-refractivity contribution in [3.05, 3.63) is 27.7 Å². The molecule has 1 atom stereocenters. The highest BCUT2D eigenvalue weighted by atomic mass is 35.5. The van der Waals surface area contributed by atoms with Crippen LogP contribution in [0, 0.1) is 12.8 Å². The average Bonchev–Trinajstić information content (AvgIpc) is 2.84. The predicted octanol–water partition coefficient (Wildman–Crippen LogP) is 2.27. The summed E-state index contributed by atoms with van der Waals surface area (Å²) < 4.78 is 26.4. The van der Waals surface area contributed by atoms with Crippen LogP contribution in [-0.2, 0) is 10.0 Å². The summed E-state index contributed by atoms with van der Waals surface area (Å²) in [7, 11) is -3.53. The van der Waals surface area contributed by atoms with Gasteiger partial charge in [-0.1, -0.05) is 23.2 Å². The highest BCUT2D eigenvalue weighted by Gasteiger charge is 2.32. The van der Waals surface area contributed by atoms with E-state index in [0.717, 1.165) is 6.42 Å². The zero-order chi connectivity index (χ0) is 14.2. The molecule has 1 fully saturated rings. The van der Waals surface area contributed by atoms with E-state index in [1.165, 1.54) is 16.4 Å². The summed E-state index contributed by atoms with van der Waals surface area (Å²) in [6.07, 6.45) is 0.795. The van der Waals surface area contributed by atoms with Crippen molar-refractivity contribution in [2.45, 2.75) is 18.2 Å². The van der Waals surface area contributed by atoms with Gasteiger partial charge in [0.25, 0.3) is 0 Å². The normalized spacial score (nSPS) is 20.9. The second-order valence-corrected chi connectivity index (χ2v) is 7.52. The van der Waals surface area contributed by atoms with Crippen LogP contribution in [0.25, 0.3) is 0 Å². The van der Waals surface area contributed by atoms with E-state index in [-0.39, 0.29) is 10.8 Å². The SMILES string of the molecule is Cc1c(Cl)cc(S(=O)(=O)N2CCC(CN)C2)cc1Cl. The van der Waals surface area contributed by atoms with Gasteiger partial charge in [0.05, 0.1) is 4.90 Å². The predicted molar refractivity (Wildman–Crippen MR) is 77.1 cm³/mol. The van der Waals surface area contributed by atoms with Crippen LogP contribution in [0.3, 0.4) is 0 Å². The molecule has 1 aromatic carbocycles. The van der Waals surface area contributed by atoms with E-state index in [9.17, 15) is 8.42 Å². The Balaban J connectivity index is 2.35. The monoisotopic (exact) mass is 322 g/mol. The fourth-order valence-corrected chi connectivity index (χ4v) is 4.33. The number of nitrogens with zero attached hydrogens (tertiary/aromatic N) is 1. The molecule has 0 saturated carbocycles. The van der Waals surface area contributed by atoms with Gasteiger partial charge in [-0.05, 0) is 43.5 Å². The van der Waals surface area contributed by atoms with Crippen molar-refractivity contribution in [1.82, 2.24) is 4.31 Å². The first-order valence-electron chi connectivity index (χ1n) is 6.02. The van der Waals surface area contributed by atoms with Crippen LogP contribution >= 0.6 is 23.2 Å². The molecular formula is C12H16Cl2N2O2S. The van der Waals surface area contributed by atoms with E-state index in [2.05, 4.69) is 0 Å². The molecular weight excluding hydrogens is 307 g/mol. The fraction of sp³-hybridized carbons (Fsp3) is 0.500. The van der Waals surface area contributed by atoms with Gasteiger partial charge >= 0.3 is 0 Å². The molecule has 1 aliphatic rings. The van der Waals surface area contributed by atoms with Crippen molar-refractivity contribution in [3.63, 3.8) is 0 Å². The van der Waals surface area contributed by atoms with Gasteiger partial charge in [0.15, 0.2) is 0 Å². The van der Waals surface area contributed by atoms with E-state index in [0.29, 0.717) is 35.2 Å². The molecule has 0 spiro atoms. The molecule has 1 aliphatic heterocycles. The first kappa shape index (κ1) is 15.1. The maximum Gasteiger partial charge on any atom is 0.243 e. The van der Waals surface area contributed by atoms with Gasteiger partial charge in [-0.3, -0.25) is 0 Å². The van der Waals surface area contributed by atoms with E-state index < -0.39 is 10.0 Å². The second kappa shape index (κ2) is 5.58. The molecule has 1 unspecified atom stereocenters. The molecule has 4 nitrogen and oxygen atoms in total. The Labute approximate surface area is 123 Å². The van der Waals surface area contributed by atoms with Crippen LogP contribution < -0.4 is 5.73 Å². The van der Waals surface area contributed by atoms with E-state index in [1.54, 1.807) is 6.92 Å². The molecule has 0 amide bonds. The lowest BCUT2D eigenvalue weighted by Gasteiger charge is -2.17. The van der Waals surface area contributed by atoms with Crippen molar-refractivity contribution in [2.24, 2.45) is 11.7 Å². The Kier molecular flexibility index (Phi) is 4.42. The maximum atomic E-state index is 12.5. The van der Waals surface area contributed by atoms with E-state index in [4.69, 9.17) is 28.9 Å². The number of rotatable bonds is 3. The summed E-state index contributed by atoms with van der Waals surface area (Å²) in [4.78, 5) is 0.144.